The zero-order chi connectivity index (χ0) is 26.3. The fourth-order valence-corrected chi connectivity index (χ4v) is 5.44. The summed E-state index contributed by atoms with van der Waals surface area (Å²) in [6.07, 6.45) is 1.17. The van der Waals surface area contributed by atoms with Crippen molar-refractivity contribution in [2.24, 2.45) is 0 Å². The smallest absolute Gasteiger partial charge is 0.319 e. The number of benzene rings is 2. The molecule has 0 heterocycles. The Morgan fingerprint density at radius 1 is 0.971 bits per heavy atom. The van der Waals surface area contributed by atoms with Crippen LogP contribution >= 0.6 is 46.6 Å². The van der Waals surface area contributed by atoms with E-state index in [1.54, 1.807) is 12.1 Å². The lowest BCUT2D eigenvalue weighted by Gasteiger charge is -2.30. The van der Waals surface area contributed by atoms with E-state index in [1.807, 2.05) is 12.1 Å². The van der Waals surface area contributed by atoms with Crippen molar-refractivity contribution in [2.45, 2.75) is 67.1 Å². The SMILES string of the molecule is CC(C)(C)[SiH2]OC(C)(C)c1ccc(CC(SCCc2ccc(F)cc2)C(=O)OCC(Cl)(Cl)Cl)cc1. The first kappa shape index (κ1) is 30.5. The molecule has 9 heteroatoms. The Labute approximate surface area is 230 Å². The Kier molecular flexibility index (Phi) is 11.5. The molecule has 0 aromatic heterocycles. The Morgan fingerprint density at radius 3 is 2.09 bits per heavy atom. The van der Waals surface area contributed by atoms with Gasteiger partial charge in [-0.2, -0.15) is 0 Å². The van der Waals surface area contributed by atoms with Gasteiger partial charge in [-0.3, -0.25) is 4.79 Å². The first-order valence-corrected chi connectivity index (χ1v) is 14.9. The quantitative estimate of drug-likeness (QED) is 0.160. The van der Waals surface area contributed by atoms with Crippen molar-refractivity contribution >= 4 is 62.3 Å². The van der Waals surface area contributed by atoms with Crippen LogP contribution in [-0.2, 0) is 32.4 Å². The summed E-state index contributed by atoms with van der Waals surface area (Å²) in [4.78, 5) is 12.8. The van der Waals surface area contributed by atoms with E-state index in [9.17, 15) is 9.18 Å². The highest BCUT2D eigenvalue weighted by Crippen LogP contribution is 2.31. The lowest BCUT2D eigenvalue weighted by atomic mass is 9.96. The standard InChI is InChI=1S/C26H34Cl3FO3SSi/c1-24(2,3)35-33-25(4,5)20-10-6-19(7-11-20)16-22(23(31)32-17-26(27,28)29)34-15-14-18-8-12-21(30)13-9-18/h6-13,22H,14-17,35H2,1-5H3. The first-order valence-electron chi connectivity index (χ1n) is 11.5. The van der Waals surface area contributed by atoms with Gasteiger partial charge in [-0.25, -0.2) is 4.39 Å². The predicted octanol–water partition coefficient (Wildman–Crippen LogP) is 7.18. The lowest BCUT2D eigenvalue weighted by Crippen LogP contribution is -2.28. The summed E-state index contributed by atoms with van der Waals surface area (Å²) in [5.41, 5.74) is 2.72. The number of esters is 1. The van der Waals surface area contributed by atoms with E-state index in [0.29, 0.717) is 18.6 Å². The average Bonchev–Trinajstić information content (AvgIpc) is 2.76. The molecule has 0 aliphatic heterocycles. The van der Waals surface area contributed by atoms with Crippen LogP contribution in [0.2, 0.25) is 5.04 Å². The van der Waals surface area contributed by atoms with Gasteiger partial charge >= 0.3 is 5.97 Å². The number of hydrogen-bond donors (Lipinski definition) is 0. The molecule has 0 saturated heterocycles. The van der Waals surface area contributed by atoms with Crippen LogP contribution in [0.25, 0.3) is 0 Å². The van der Waals surface area contributed by atoms with E-state index in [0.717, 1.165) is 16.7 Å². The minimum Gasteiger partial charge on any atom is -0.460 e. The molecule has 194 valence electrons. The van der Waals surface area contributed by atoms with Crippen molar-refractivity contribution in [3.05, 3.63) is 71.0 Å². The van der Waals surface area contributed by atoms with Crippen LogP contribution in [0, 0.1) is 5.82 Å². The van der Waals surface area contributed by atoms with Crippen molar-refractivity contribution in [2.75, 3.05) is 12.4 Å². The van der Waals surface area contributed by atoms with Crippen LogP contribution in [0.5, 0.6) is 0 Å². The maximum Gasteiger partial charge on any atom is 0.319 e. The Morgan fingerprint density at radius 2 is 1.54 bits per heavy atom. The number of hydrogen-bond acceptors (Lipinski definition) is 4. The number of thioether (sulfide) groups is 1. The van der Waals surface area contributed by atoms with Gasteiger partial charge in [-0.05, 0) is 66.3 Å². The molecule has 2 rings (SSSR count). The highest BCUT2D eigenvalue weighted by Gasteiger charge is 2.28. The van der Waals surface area contributed by atoms with Crippen molar-refractivity contribution in [1.82, 2.24) is 0 Å². The minimum absolute atomic E-state index is 0.211. The molecule has 2 aromatic rings. The van der Waals surface area contributed by atoms with Gasteiger partial charge in [-0.15, -0.1) is 11.8 Å². The maximum atomic E-state index is 13.2. The van der Waals surface area contributed by atoms with Crippen molar-refractivity contribution in [3.8, 4) is 0 Å². The zero-order valence-electron chi connectivity index (χ0n) is 20.9. The van der Waals surface area contributed by atoms with Crippen LogP contribution in [-0.4, -0.2) is 37.1 Å². The highest BCUT2D eigenvalue weighted by atomic mass is 35.6. The molecule has 3 nitrogen and oxygen atoms in total. The molecule has 0 aliphatic rings. The van der Waals surface area contributed by atoms with Gasteiger partial charge in [0.1, 0.15) is 17.7 Å². The monoisotopic (exact) mass is 578 g/mol. The highest BCUT2D eigenvalue weighted by molar-refractivity contribution is 8.00. The predicted molar refractivity (Wildman–Crippen MR) is 150 cm³/mol. The third kappa shape index (κ3) is 11.9. The van der Waals surface area contributed by atoms with E-state index in [4.69, 9.17) is 44.0 Å². The molecule has 0 aliphatic carbocycles. The number of carbonyl (C=O) groups is 1. The van der Waals surface area contributed by atoms with Crippen LogP contribution in [0.4, 0.5) is 4.39 Å². The second-order valence-corrected chi connectivity index (χ2v) is 16.7. The van der Waals surface area contributed by atoms with Crippen LogP contribution in [0.3, 0.4) is 0 Å². The van der Waals surface area contributed by atoms with Crippen LogP contribution < -0.4 is 0 Å². The number of carbonyl (C=O) groups excluding carboxylic acids is 1. The second kappa shape index (κ2) is 13.2. The zero-order valence-corrected chi connectivity index (χ0v) is 25.4. The Bertz CT molecular complexity index is 942. The molecule has 1 atom stereocenters. The van der Waals surface area contributed by atoms with Crippen LogP contribution in [0.15, 0.2) is 48.5 Å². The van der Waals surface area contributed by atoms with Crippen molar-refractivity contribution < 1.29 is 18.3 Å². The fraction of sp³-hybridized carbons (Fsp3) is 0.500. The van der Waals surface area contributed by atoms with E-state index in [1.165, 1.54) is 23.9 Å². The minimum atomic E-state index is -1.66. The molecule has 0 fully saturated rings. The molecule has 0 amide bonds. The van der Waals surface area contributed by atoms with Gasteiger partial charge in [0.05, 0.1) is 5.60 Å². The molecule has 2 aromatic carbocycles. The number of alkyl halides is 3. The second-order valence-electron chi connectivity index (χ2n) is 10.2. The summed E-state index contributed by atoms with van der Waals surface area (Å²) >= 11 is 18.8. The van der Waals surface area contributed by atoms with Gasteiger partial charge in [0, 0.05) is 0 Å². The molecule has 35 heavy (non-hydrogen) atoms. The third-order valence-corrected chi connectivity index (χ3v) is 8.46. The molecular formula is C26H34Cl3FO3SSi. The Hall–Kier alpha value is -0.763. The molecule has 0 radical (unpaired) electrons. The summed E-state index contributed by atoms with van der Waals surface area (Å²) in [5.74, 6) is -0.0353. The lowest BCUT2D eigenvalue weighted by molar-refractivity contribution is -0.142. The van der Waals surface area contributed by atoms with E-state index in [-0.39, 0.29) is 23.1 Å². The number of aryl methyl sites for hydroxylation is 1. The number of halogens is 4. The normalized spacial score (nSPS) is 13.9. The van der Waals surface area contributed by atoms with Crippen LogP contribution in [0.1, 0.15) is 51.3 Å². The van der Waals surface area contributed by atoms with Crippen molar-refractivity contribution in [3.63, 3.8) is 0 Å². The summed E-state index contributed by atoms with van der Waals surface area (Å²) in [5, 5.41) is -0.256. The van der Waals surface area contributed by atoms with E-state index in [2.05, 4.69) is 46.8 Å². The summed E-state index contributed by atoms with van der Waals surface area (Å²) in [7, 11) is -0.707. The summed E-state index contributed by atoms with van der Waals surface area (Å²) < 4.78 is 23.1. The number of ether oxygens (including phenoxy) is 1. The van der Waals surface area contributed by atoms with Gasteiger partial charge in [0.15, 0.2) is 9.76 Å². The Balaban J connectivity index is 2.06. The van der Waals surface area contributed by atoms with Gasteiger partial charge < -0.3 is 9.16 Å². The molecule has 0 bridgehead atoms. The van der Waals surface area contributed by atoms with Gasteiger partial charge in [0.25, 0.3) is 0 Å². The summed E-state index contributed by atoms with van der Waals surface area (Å²) in [6.45, 7) is 10.5. The fourth-order valence-electron chi connectivity index (χ4n) is 3.16. The summed E-state index contributed by atoms with van der Waals surface area (Å²) in [6, 6.07) is 14.5. The largest absolute Gasteiger partial charge is 0.460 e. The van der Waals surface area contributed by atoms with Gasteiger partial charge in [-0.1, -0.05) is 92.0 Å². The first-order chi connectivity index (χ1) is 16.1. The maximum absolute atomic E-state index is 13.2. The molecule has 0 saturated carbocycles. The molecule has 0 N–H and O–H groups in total. The van der Waals surface area contributed by atoms with Crippen molar-refractivity contribution in [1.29, 1.82) is 0 Å². The topological polar surface area (TPSA) is 35.5 Å². The average molecular weight is 580 g/mol. The number of rotatable bonds is 11. The molecule has 1 unspecified atom stereocenters. The van der Waals surface area contributed by atoms with Gasteiger partial charge in [0.2, 0.25) is 3.79 Å². The molecule has 0 spiro atoms. The van der Waals surface area contributed by atoms with E-state index < -0.39 is 24.8 Å². The molecular weight excluding hydrogens is 546 g/mol. The third-order valence-electron chi connectivity index (χ3n) is 5.20. The van der Waals surface area contributed by atoms with E-state index >= 15 is 0 Å².